The first kappa shape index (κ1) is 31.7. The molecule has 4 aromatic rings. The van der Waals surface area contributed by atoms with Crippen molar-refractivity contribution in [2.45, 2.75) is 50.1 Å². The standard InChI is InChI=1S/C33H30Cl2N4O6/c34-23-8-6-9-24(35)27(23)30(42)37-20-13-11-19(12-14-20)17-26(31(43)44)38-32(45)33(15-4-1-5-16-33)39-29(41)22-18-36-25-10-3-2-7-21(25)28(22)40/h2-3,6-14,18,26H,1,4-5,15-17H2,(H,36,40)(H,37,42)(H,38,45)(H,39,41)(H,43,44)/t26-/m0/s1. The second-order valence-electron chi connectivity index (χ2n) is 11.0. The van der Waals surface area contributed by atoms with Crippen molar-refractivity contribution in [1.82, 2.24) is 15.6 Å². The van der Waals surface area contributed by atoms with Crippen LogP contribution in [-0.2, 0) is 16.0 Å². The van der Waals surface area contributed by atoms with Gasteiger partial charge in [-0.25, -0.2) is 4.79 Å². The average Bonchev–Trinajstić information content (AvgIpc) is 3.02. The number of H-pyrrole nitrogens is 1. The van der Waals surface area contributed by atoms with Crippen LogP contribution in [0.4, 0.5) is 5.69 Å². The molecule has 3 amide bonds. The number of para-hydroxylation sites is 1. The molecule has 12 heteroatoms. The van der Waals surface area contributed by atoms with Gasteiger partial charge in [0.25, 0.3) is 11.8 Å². The van der Waals surface area contributed by atoms with Crippen LogP contribution in [0.1, 0.15) is 58.4 Å². The quantitative estimate of drug-likeness (QED) is 0.165. The molecule has 3 aromatic carbocycles. The lowest BCUT2D eigenvalue weighted by molar-refractivity contribution is -0.143. The Morgan fingerprint density at radius 1 is 0.867 bits per heavy atom. The molecule has 45 heavy (non-hydrogen) atoms. The molecule has 1 atom stereocenters. The Labute approximate surface area is 268 Å². The molecule has 5 N–H and O–H groups in total. The number of aliphatic carboxylic acids is 1. The average molecular weight is 650 g/mol. The lowest BCUT2D eigenvalue weighted by Crippen LogP contribution is -2.62. The summed E-state index contributed by atoms with van der Waals surface area (Å²) in [7, 11) is 0. The Hall–Kier alpha value is -4.67. The number of aromatic nitrogens is 1. The minimum atomic E-state index is -1.38. The molecule has 5 rings (SSSR count). The molecule has 0 saturated heterocycles. The van der Waals surface area contributed by atoms with E-state index in [1.807, 2.05) is 0 Å². The van der Waals surface area contributed by atoms with Crippen molar-refractivity contribution in [3.05, 3.63) is 110 Å². The summed E-state index contributed by atoms with van der Waals surface area (Å²) in [5.41, 5.74) is -0.253. The molecular formula is C33H30Cl2N4O6. The van der Waals surface area contributed by atoms with Gasteiger partial charge in [-0.3, -0.25) is 19.2 Å². The van der Waals surface area contributed by atoms with Crippen molar-refractivity contribution in [2.75, 3.05) is 5.32 Å². The van der Waals surface area contributed by atoms with Gasteiger partial charge in [0.15, 0.2) is 0 Å². The first-order chi connectivity index (χ1) is 21.6. The lowest BCUT2D eigenvalue weighted by atomic mass is 9.80. The van der Waals surface area contributed by atoms with Crippen LogP contribution in [0, 0.1) is 0 Å². The largest absolute Gasteiger partial charge is 0.480 e. The number of aromatic amines is 1. The van der Waals surface area contributed by atoms with Crippen LogP contribution in [0.15, 0.2) is 77.7 Å². The zero-order valence-electron chi connectivity index (χ0n) is 24.0. The second kappa shape index (κ2) is 13.5. The summed E-state index contributed by atoms with van der Waals surface area (Å²) in [6.45, 7) is 0. The minimum Gasteiger partial charge on any atom is -0.480 e. The first-order valence-electron chi connectivity index (χ1n) is 14.4. The smallest absolute Gasteiger partial charge is 0.326 e. The van der Waals surface area contributed by atoms with Gasteiger partial charge in [-0.15, -0.1) is 0 Å². The third-order valence-electron chi connectivity index (χ3n) is 7.97. The van der Waals surface area contributed by atoms with E-state index in [1.165, 1.54) is 6.20 Å². The van der Waals surface area contributed by atoms with Crippen LogP contribution in [0.3, 0.4) is 0 Å². The summed E-state index contributed by atoms with van der Waals surface area (Å²) >= 11 is 12.2. The fourth-order valence-electron chi connectivity index (χ4n) is 5.55. The number of hydrogen-bond acceptors (Lipinski definition) is 5. The van der Waals surface area contributed by atoms with E-state index in [9.17, 15) is 29.1 Å². The number of carboxylic acids is 1. The third kappa shape index (κ3) is 7.02. The molecular weight excluding hydrogens is 619 g/mol. The number of halogens is 2. The topological polar surface area (TPSA) is 157 Å². The van der Waals surface area contributed by atoms with Gasteiger partial charge >= 0.3 is 5.97 Å². The molecule has 0 aliphatic heterocycles. The zero-order chi connectivity index (χ0) is 32.1. The molecule has 232 valence electrons. The maximum Gasteiger partial charge on any atom is 0.326 e. The fraction of sp³-hybridized carbons (Fsp3) is 0.242. The van der Waals surface area contributed by atoms with Crippen LogP contribution in [0.5, 0.6) is 0 Å². The monoisotopic (exact) mass is 648 g/mol. The zero-order valence-corrected chi connectivity index (χ0v) is 25.5. The van der Waals surface area contributed by atoms with Gasteiger partial charge < -0.3 is 26.0 Å². The molecule has 0 unspecified atom stereocenters. The fourth-order valence-corrected chi connectivity index (χ4v) is 6.12. The highest BCUT2D eigenvalue weighted by molar-refractivity contribution is 6.40. The SMILES string of the molecule is O=C(Nc1ccc(C[C@H](NC(=O)C2(NC(=O)c3c[nH]c4ccccc4c3=O)CCCCC2)C(=O)O)cc1)c1c(Cl)cccc1Cl. The Kier molecular flexibility index (Phi) is 9.55. The molecule has 0 bridgehead atoms. The van der Waals surface area contributed by atoms with Crippen molar-refractivity contribution in [3.8, 4) is 0 Å². The number of benzene rings is 3. The van der Waals surface area contributed by atoms with Gasteiger partial charge in [-0.05, 0) is 54.8 Å². The maximum absolute atomic E-state index is 13.7. The van der Waals surface area contributed by atoms with E-state index < -0.39 is 40.7 Å². The van der Waals surface area contributed by atoms with Crippen molar-refractivity contribution in [1.29, 1.82) is 0 Å². The van der Waals surface area contributed by atoms with E-state index in [0.29, 0.717) is 47.8 Å². The Morgan fingerprint density at radius 2 is 1.53 bits per heavy atom. The summed E-state index contributed by atoms with van der Waals surface area (Å²) in [6.07, 6.45) is 4.01. The summed E-state index contributed by atoms with van der Waals surface area (Å²) < 4.78 is 0. The number of hydrogen-bond donors (Lipinski definition) is 5. The van der Waals surface area contributed by atoms with E-state index in [1.54, 1.807) is 66.7 Å². The predicted molar refractivity (Wildman–Crippen MR) is 172 cm³/mol. The number of amides is 3. The predicted octanol–water partition coefficient (Wildman–Crippen LogP) is 5.33. The second-order valence-corrected chi connectivity index (χ2v) is 11.8. The third-order valence-corrected chi connectivity index (χ3v) is 8.60. The first-order valence-corrected chi connectivity index (χ1v) is 15.1. The van der Waals surface area contributed by atoms with Gasteiger partial charge in [0.05, 0.1) is 15.6 Å². The molecule has 0 spiro atoms. The maximum atomic E-state index is 13.7. The van der Waals surface area contributed by atoms with Gasteiger partial charge in [-0.2, -0.15) is 0 Å². The number of carboxylic acid groups (broad SMARTS) is 1. The number of carbonyl (C=O) groups is 4. The molecule has 10 nitrogen and oxygen atoms in total. The molecule has 1 aromatic heterocycles. The molecule has 1 fully saturated rings. The van der Waals surface area contributed by atoms with E-state index >= 15 is 0 Å². The summed E-state index contributed by atoms with van der Waals surface area (Å²) in [5, 5.41) is 18.8. The van der Waals surface area contributed by atoms with Crippen LogP contribution < -0.4 is 21.4 Å². The highest BCUT2D eigenvalue weighted by Gasteiger charge is 2.42. The van der Waals surface area contributed by atoms with Crippen molar-refractivity contribution in [3.63, 3.8) is 0 Å². The van der Waals surface area contributed by atoms with Crippen LogP contribution in [0.25, 0.3) is 10.9 Å². The minimum absolute atomic E-state index is 0.0555. The number of fused-ring (bicyclic) bond motifs is 1. The number of nitrogens with one attached hydrogen (secondary N) is 4. The van der Waals surface area contributed by atoms with Gasteiger partial charge in [-0.1, -0.05) is 72.8 Å². The van der Waals surface area contributed by atoms with Crippen LogP contribution in [-0.4, -0.2) is 45.4 Å². The van der Waals surface area contributed by atoms with E-state index in [0.717, 1.165) is 6.42 Å². The van der Waals surface area contributed by atoms with Crippen molar-refractivity contribution in [2.24, 2.45) is 0 Å². The van der Waals surface area contributed by atoms with Gasteiger partial charge in [0.2, 0.25) is 11.3 Å². The van der Waals surface area contributed by atoms with E-state index in [4.69, 9.17) is 23.2 Å². The van der Waals surface area contributed by atoms with Crippen LogP contribution >= 0.6 is 23.2 Å². The van der Waals surface area contributed by atoms with Crippen molar-refractivity contribution >= 4 is 63.5 Å². The highest BCUT2D eigenvalue weighted by atomic mass is 35.5. The molecule has 1 aliphatic rings. The number of anilines is 1. The molecule has 1 aliphatic carbocycles. The summed E-state index contributed by atoms with van der Waals surface area (Å²) in [6, 6.07) is 16.7. The highest BCUT2D eigenvalue weighted by Crippen LogP contribution is 2.30. The van der Waals surface area contributed by atoms with Gasteiger partial charge in [0.1, 0.15) is 17.1 Å². The normalized spacial score (nSPS) is 14.7. The molecule has 0 radical (unpaired) electrons. The molecule has 1 saturated carbocycles. The Morgan fingerprint density at radius 3 is 2.20 bits per heavy atom. The lowest BCUT2D eigenvalue weighted by Gasteiger charge is -2.37. The van der Waals surface area contributed by atoms with E-state index in [2.05, 4.69) is 20.9 Å². The number of carbonyl (C=O) groups excluding carboxylic acids is 3. The number of pyridine rings is 1. The molecule has 1 heterocycles. The van der Waals surface area contributed by atoms with Crippen LogP contribution in [0.2, 0.25) is 10.0 Å². The van der Waals surface area contributed by atoms with Gasteiger partial charge in [0, 0.05) is 29.2 Å². The van der Waals surface area contributed by atoms with E-state index in [-0.39, 0.29) is 27.6 Å². The summed E-state index contributed by atoms with van der Waals surface area (Å²) in [4.78, 5) is 68.0. The van der Waals surface area contributed by atoms with Crippen molar-refractivity contribution < 1.29 is 24.3 Å². The number of rotatable bonds is 9. The Balaban J connectivity index is 1.29. The Bertz CT molecular complexity index is 1810. The summed E-state index contributed by atoms with van der Waals surface area (Å²) in [5.74, 6) is -3.08.